The van der Waals surface area contributed by atoms with Crippen LogP contribution in [0.3, 0.4) is 0 Å². The standard InChI is InChI=1S/C17H25N3O2/c21-17(20-10-7-18-8-11-20)6-9-19-12-13-22-14-16(19)15-4-2-1-3-5-15/h1-5,16,18H,6-14H2. The van der Waals surface area contributed by atoms with Gasteiger partial charge in [-0.2, -0.15) is 0 Å². The number of carbonyl (C=O) groups excluding carboxylic acids is 1. The molecular formula is C17H25N3O2. The Labute approximate surface area is 132 Å². The summed E-state index contributed by atoms with van der Waals surface area (Å²) in [6.45, 7) is 6.68. The summed E-state index contributed by atoms with van der Waals surface area (Å²) in [4.78, 5) is 16.7. The van der Waals surface area contributed by atoms with Gasteiger partial charge in [-0.05, 0) is 5.56 Å². The molecule has 0 radical (unpaired) electrons. The number of hydrogen-bond acceptors (Lipinski definition) is 4. The lowest BCUT2D eigenvalue weighted by Gasteiger charge is -2.36. The van der Waals surface area contributed by atoms with Gasteiger partial charge in [-0.3, -0.25) is 9.69 Å². The van der Waals surface area contributed by atoms with Crippen LogP contribution in [0.4, 0.5) is 0 Å². The molecule has 0 saturated carbocycles. The van der Waals surface area contributed by atoms with Crippen molar-refractivity contribution < 1.29 is 9.53 Å². The molecule has 2 aliphatic rings. The van der Waals surface area contributed by atoms with E-state index in [-0.39, 0.29) is 11.9 Å². The molecule has 1 unspecified atom stereocenters. The fourth-order valence-corrected chi connectivity index (χ4v) is 3.20. The highest BCUT2D eigenvalue weighted by Gasteiger charge is 2.25. The molecule has 2 saturated heterocycles. The maximum atomic E-state index is 12.3. The number of ether oxygens (including phenoxy) is 1. The van der Waals surface area contributed by atoms with Crippen molar-refractivity contribution in [1.29, 1.82) is 0 Å². The van der Waals surface area contributed by atoms with Crippen molar-refractivity contribution in [1.82, 2.24) is 15.1 Å². The van der Waals surface area contributed by atoms with Gasteiger partial charge in [-0.1, -0.05) is 30.3 Å². The zero-order valence-electron chi connectivity index (χ0n) is 13.0. The third-order valence-corrected chi connectivity index (χ3v) is 4.51. The lowest BCUT2D eigenvalue weighted by Crippen LogP contribution is -2.47. The minimum Gasteiger partial charge on any atom is -0.378 e. The Bertz CT molecular complexity index is 474. The van der Waals surface area contributed by atoms with E-state index in [9.17, 15) is 4.79 Å². The van der Waals surface area contributed by atoms with Crippen LogP contribution < -0.4 is 5.32 Å². The van der Waals surface area contributed by atoms with Crippen LogP contribution in [-0.4, -0.2) is 68.2 Å². The summed E-state index contributed by atoms with van der Waals surface area (Å²) in [6, 6.07) is 10.7. The molecule has 2 heterocycles. The van der Waals surface area contributed by atoms with E-state index in [1.165, 1.54) is 5.56 Å². The van der Waals surface area contributed by atoms with Gasteiger partial charge < -0.3 is 15.0 Å². The van der Waals surface area contributed by atoms with E-state index in [4.69, 9.17) is 4.74 Å². The molecule has 1 atom stereocenters. The van der Waals surface area contributed by atoms with E-state index >= 15 is 0 Å². The van der Waals surface area contributed by atoms with Gasteiger partial charge in [0.1, 0.15) is 0 Å². The quantitative estimate of drug-likeness (QED) is 0.897. The average molecular weight is 303 g/mol. The van der Waals surface area contributed by atoms with Crippen molar-refractivity contribution in [3.05, 3.63) is 35.9 Å². The number of rotatable bonds is 4. The highest BCUT2D eigenvalue weighted by molar-refractivity contribution is 5.76. The first-order chi connectivity index (χ1) is 10.8. The molecule has 5 nitrogen and oxygen atoms in total. The van der Waals surface area contributed by atoms with Crippen molar-refractivity contribution in [2.24, 2.45) is 0 Å². The number of nitrogens with one attached hydrogen (secondary N) is 1. The van der Waals surface area contributed by atoms with Gasteiger partial charge in [-0.25, -0.2) is 0 Å². The summed E-state index contributed by atoms with van der Waals surface area (Å²) < 4.78 is 5.64. The fourth-order valence-electron chi connectivity index (χ4n) is 3.20. The van der Waals surface area contributed by atoms with Crippen LogP contribution in [0.2, 0.25) is 0 Å². The highest BCUT2D eigenvalue weighted by Crippen LogP contribution is 2.24. The fraction of sp³-hybridized carbons (Fsp3) is 0.588. The Morgan fingerprint density at radius 1 is 1.18 bits per heavy atom. The topological polar surface area (TPSA) is 44.8 Å². The summed E-state index contributed by atoms with van der Waals surface area (Å²) in [5, 5.41) is 3.28. The molecule has 0 aromatic heterocycles. The molecule has 1 N–H and O–H groups in total. The molecule has 5 heteroatoms. The molecular weight excluding hydrogens is 278 g/mol. The van der Waals surface area contributed by atoms with E-state index in [0.717, 1.165) is 45.9 Å². The van der Waals surface area contributed by atoms with Crippen LogP contribution in [0.15, 0.2) is 30.3 Å². The van der Waals surface area contributed by atoms with Crippen LogP contribution in [0.25, 0.3) is 0 Å². The zero-order valence-corrected chi connectivity index (χ0v) is 13.0. The molecule has 3 rings (SSSR count). The summed E-state index contributed by atoms with van der Waals surface area (Å²) >= 11 is 0. The van der Waals surface area contributed by atoms with Crippen molar-refractivity contribution in [3.8, 4) is 0 Å². The van der Waals surface area contributed by atoms with Gasteiger partial charge in [0.25, 0.3) is 0 Å². The maximum Gasteiger partial charge on any atom is 0.223 e. The third kappa shape index (κ3) is 3.85. The lowest BCUT2D eigenvalue weighted by molar-refractivity contribution is -0.132. The van der Waals surface area contributed by atoms with Gasteiger partial charge in [-0.15, -0.1) is 0 Å². The Kier molecular flexibility index (Phi) is 5.43. The van der Waals surface area contributed by atoms with E-state index in [1.807, 2.05) is 11.0 Å². The predicted octanol–water partition coefficient (Wildman–Crippen LogP) is 0.882. The van der Waals surface area contributed by atoms with Crippen molar-refractivity contribution in [2.75, 3.05) is 52.5 Å². The van der Waals surface area contributed by atoms with Gasteiger partial charge in [0, 0.05) is 45.7 Å². The van der Waals surface area contributed by atoms with Crippen LogP contribution in [0.5, 0.6) is 0 Å². The van der Waals surface area contributed by atoms with Gasteiger partial charge >= 0.3 is 0 Å². The van der Waals surface area contributed by atoms with Crippen LogP contribution in [0.1, 0.15) is 18.0 Å². The SMILES string of the molecule is O=C(CCN1CCOCC1c1ccccc1)N1CCNCC1. The van der Waals surface area contributed by atoms with Gasteiger partial charge in [0.2, 0.25) is 5.91 Å². The Morgan fingerprint density at radius 2 is 1.95 bits per heavy atom. The zero-order chi connectivity index (χ0) is 15.2. The largest absolute Gasteiger partial charge is 0.378 e. The number of hydrogen-bond donors (Lipinski definition) is 1. The number of morpholine rings is 1. The molecule has 1 aromatic rings. The number of carbonyl (C=O) groups is 1. The number of benzene rings is 1. The minimum absolute atomic E-state index is 0.269. The normalized spacial score (nSPS) is 23.5. The molecule has 0 spiro atoms. The van der Waals surface area contributed by atoms with Crippen LogP contribution >= 0.6 is 0 Å². The van der Waals surface area contributed by atoms with Crippen LogP contribution in [0, 0.1) is 0 Å². The molecule has 120 valence electrons. The van der Waals surface area contributed by atoms with E-state index in [1.54, 1.807) is 0 Å². The van der Waals surface area contributed by atoms with E-state index < -0.39 is 0 Å². The number of piperazine rings is 1. The lowest BCUT2D eigenvalue weighted by atomic mass is 10.0. The van der Waals surface area contributed by atoms with Crippen molar-refractivity contribution >= 4 is 5.91 Å². The predicted molar refractivity (Wildman–Crippen MR) is 85.6 cm³/mol. The Balaban J connectivity index is 1.56. The summed E-state index contributed by atoms with van der Waals surface area (Å²) in [5.41, 5.74) is 1.27. The Hall–Kier alpha value is -1.43. The van der Waals surface area contributed by atoms with Gasteiger partial charge in [0.15, 0.2) is 0 Å². The first kappa shape index (κ1) is 15.5. The third-order valence-electron chi connectivity index (χ3n) is 4.51. The number of amides is 1. The second-order valence-corrected chi connectivity index (χ2v) is 5.92. The molecule has 1 amide bonds. The molecule has 1 aromatic carbocycles. The number of nitrogens with zero attached hydrogens (tertiary/aromatic N) is 2. The van der Waals surface area contributed by atoms with Crippen molar-refractivity contribution in [3.63, 3.8) is 0 Å². The summed E-state index contributed by atoms with van der Waals surface area (Å²) in [5.74, 6) is 0.278. The Morgan fingerprint density at radius 3 is 2.73 bits per heavy atom. The molecule has 0 aliphatic carbocycles. The van der Waals surface area contributed by atoms with Gasteiger partial charge in [0.05, 0.1) is 19.3 Å². The molecule has 0 bridgehead atoms. The maximum absolute atomic E-state index is 12.3. The highest BCUT2D eigenvalue weighted by atomic mass is 16.5. The smallest absolute Gasteiger partial charge is 0.223 e. The average Bonchev–Trinajstić information content (AvgIpc) is 2.61. The molecule has 2 fully saturated rings. The van der Waals surface area contributed by atoms with Crippen LogP contribution in [-0.2, 0) is 9.53 Å². The molecule has 2 aliphatic heterocycles. The first-order valence-corrected chi connectivity index (χ1v) is 8.20. The van der Waals surface area contributed by atoms with E-state index in [0.29, 0.717) is 13.0 Å². The first-order valence-electron chi connectivity index (χ1n) is 8.20. The molecule has 22 heavy (non-hydrogen) atoms. The van der Waals surface area contributed by atoms with Crippen molar-refractivity contribution in [2.45, 2.75) is 12.5 Å². The second kappa shape index (κ2) is 7.72. The minimum atomic E-state index is 0.269. The monoisotopic (exact) mass is 303 g/mol. The summed E-state index contributed by atoms with van der Waals surface area (Å²) in [7, 11) is 0. The summed E-state index contributed by atoms with van der Waals surface area (Å²) in [6.07, 6.45) is 0.601. The second-order valence-electron chi connectivity index (χ2n) is 5.92. The van der Waals surface area contributed by atoms with E-state index in [2.05, 4.69) is 34.5 Å².